The minimum Gasteiger partial charge on any atom is -0.496 e. The second-order valence-electron chi connectivity index (χ2n) is 6.73. The highest BCUT2D eigenvalue weighted by molar-refractivity contribution is 14.1. The number of benzene rings is 3. The zero-order valence-electron chi connectivity index (χ0n) is 16.4. The van der Waals surface area contributed by atoms with Crippen molar-refractivity contribution in [2.24, 2.45) is 0 Å². The summed E-state index contributed by atoms with van der Waals surface area (Å²) in [5, 5.41) is 4.13. The Morgan fingerprint density at radius 2 is 1.84 bits per heavy atom. The molecule has 156 valence electrons. The molecule has 31 heavy (non-hydrogen) atoms. The molecule has 0 saturated carbocycles. The number of hydrogen-bond acceptors (Lipinski definition) is 5. The van der Waals surface area contributed by atoms with Gasteiger partial charge in [0.05, 0.1) is 12.0 Å². The van der Waals surface area contributed by atoms with E-state index >= 15 is 0 Å². The van der Waals surface area contributed by atoms with Gasteiger partial charge in [0, 0.05) is 14.8 Å². The third-order valence-corrected chi connectivity index (χ3v) is 6.36. The number of hydrogen-bond donors (Lipinski definition) is 1. The van der Waals surface area contributed by atoms with E-state index in [0.29, 0.717) is 11.4 Å². The fourth-order valence-corrected chi connectivity index (χ4v) is 4.43. The molecule has 0 aromatic heterocycles. The normalized spacial score (nSPS) is 15.0. The number of fused-ring (bicyclic) bond motifs is 1. The average molecular weight is 544 g/mol. The summed E-state index contributed by atoms with van der Waals surface area (Å²) >= 11 is 2.99. The van der Waals surface area contributed by atoms with Crippen LogP contribution in [0.1, 0.15) is 5.56 Å². The van der Waals surface area contributed by atoms with E-state index in [1.165, 1.54) is 0 Å². The van der Waals surface area contributed by atoms with E-state index in [1.807, 2.05) is 48.5 Å². The summed E-state index contributed by atoms with van der Waals surface area (Å²) in [5.74, 6) is -0.336. The first-order chi connectivity index (χ1) is 15.0. The van der Waals surface area contributed by atoms with Crippen molar-refractivity contribution >= 4 is 73.9 Å². The fraction of sp³-hybridized carbons (Fsp3) is 0.0870. The van der Waals surface area contributed by atoms with Gasteiger partial charge in [-0.15, -0.1) is 0 Å². The third kappa shape index (κ3) is 4.59. The van der Waals surface area contributed by atoms with Gasteiger partial charge in [0.15, 0.2) is 0 Å². The number of rotatable bonds is 5. The van der Waals surface area contributed by atoms with E-state index in [2.05, 4.69) is 27.9 Å². The van der Waals surface area contributed by atoms with Gasteiger partial charge in [-0.25, -0.2) is 0 Å². The third-order valence-electron chi connectivity index (χ3n) is 4.73. The molecule has 3 aromatic carbocycles. The van der Waals surface area contributed by atoms with E-state index in [-0.39, 0.29) is 11.4 Å². The number of carbonyl (C=O) groups excluding carboxylic acids is 3. The quantitative estimate of drug-likeness (QED) is 0.356. The summed E-state index contributed by atoms with van der Waals surface area (Å²) in [6, 6.07) is 18.7. The smallest absolute Gasteiger partial charge is 0.294 e. The van der Waals surface area contributed by atoms with Crippen LogP contribution in [0.15, 0.2) is 65.6 Å². The monoisotopic (exact) mass is 544 g/mol. The maximum atomic E-state index is 12.9. The summed E-state index contributed by atoms with van der Waals surface area (Å²) in [5.41, 5.74) is 1.32. The van der Waals surface area contributed by atoms with Crippen LogP contribution in [0.5, 0.6) is 5.75 Å². The molecule has 1 fully saturated rings. The highest BCUT2D eigenvalue weighted by Gasteiger charge is 2.36. The van der Waals surface area contributed by atoms with Gasteiger partial charge in [-0.3, -0.25) is 19.3 Å². The molecule has 0 bridgehead atoms. The Hall–Kier alpha value is -2.85. The summed E-state index contributed by atoms with van der Waals surface area (Å²) in [6.07, 6.45) is 1.66. The lowest BCUT2D eigenvalue weighted by Gasteiger charge is -2.12. The van der Waals surface area contributed by atoms with Gasteiger partial charge in [0.25, 0.3) is 11.1 Å². The molecule has 4 rings (SSSR count). The van der Waals surface area contributed by atoms with Crippen LogP contribution in [0.2, 0.25) is 0 Å². The van der Waals surface area contributed by atoms with Gasteiger partial charge in [0.2, 0.25) is 5.91 Å². The number of anilines is 1. The van der Waals surface area contributed by atoms with Crippen LogP contribution in [0.4, 0.5) is 10.5 Å². The molecular weight excluding hydrogens is 527 g/mol. The molecule has 0 unspecified atom stereocenters. The lowest BCUT2D eigenvalue weighted by Crippen LogP contribution is -2.36. The highest BCUT2D eigenvalue weighted by Crippen LogP contribution is 2.36. The maximum absolute atomic E-state index is 12.9. The largest absolute Gasteiger partial charge is 0.496 e. The van der Waals surface area contributed by atoms with Crippen molar-refractivity contribution in [1.29, 1.82) is 0 Å². The molecule has 8 heteroatoms. The van der Waals surface area contributed by atoms with Crippen LogP contribution >= 0.6 is 34.4 Å². The maximum Gasteiger partial charge on any atom is 0.294 e. The van der Waals surface area contributed by atoms with E-state index < -0.39 is 17.1 Å². The molecule has 1 N–H and O–H groups in total. The summed E-state index contributed by atoms with van der Waals surface area (Å²) in [6.45, 7) is -0.347. The van der Waals surface area contributed by atoms with Gasteiger partial charge >= 0.3 is 0 Å². The van der Waals surface area contributed by atoms with E-state index in [1.54, 1.807) is 25.3 Å². The van der Waals surface area contributed by atoms with Crippen molar-refractivity contribution in [3.8, 4) is 5.75 Å². The minimum absolute atomic E-state index is 0.252. The number of nitrogens with one attached hydrogen (secondary N) is 1. The zero-order valence-corrected chi connectivity index (χ0v) is 19.4. The molecule has 1 aliphatic rings. The van der Waals surface area contributed by atoms with Crippen molar-refractivity contribution < 1.29 is 19.1 Å². The Morgan fingerprint density at radius 3 is 2.58 bits per heavy atom. The Morgan fingerprint density at radius 1 is 1.10 bits per heavy atom. The Bertz CT molecular complexity index is 1220. The van der Waals surface area contributed by atoms with Crippen LogP contribution in [0.3, 0.4) is 0 Å². The first kappa shape index (κ1) is 21.4. The van der Waals surface area contributed by atoms with E-state index in [0.717, 1.165) is 36.6 Å². The van der Waals surface area contributed by atoms with Gasteiger partial charge in [-0.05, 0) is 81.5 Å². The number of ether oxygens (including phenoxy) is 1. The molecule has 0 radical (unpaired) electrons. The SMILES string of the molecule is COc1ccc2ccccc2c1/C=C1/SC(=O)N(CC(=O)Nc2ccc(I)cc2)C1=O. The van der Waals surface area contributed by atoms with E-state index in [4.69, 9.17) is 4.74 Å². The van der Waals surface area contributed by atoms with Gasteiger partial charge < -0.3 is 10.1 Å². The van der Waals surface area contributed by atoms with Crippen LogP contribution in [-0.2, 0) is 9.59 Å². The number of carbonyl (C=O) groups is 3. The molecule has 6 nitrogen and oxygen atoms in total. The highest BCUT2D eigenvalue weighted by atomic mass is 127. The molecule has 0 spiro atoms. The second kappa shape index (κ2) is 9.11. The van der Waals surface area contributed by atoms with Crippen LogP contribution in [0, 0.1) is 3.57 Å². The topological polar surface area (TPSA) is 75.7 Å². The number of nitrogens with zero attached hydrogens (tertiary/aromatic N) is 1. The van der Waals surface area contributed by atoms with Crippen molar-refractivity contribution in [3.05, 3.63) is 74.7 Å². The summed E-state index contributed by atoms with van der Waals surface area (Å²) < 4.78 is 6.50. The fourth-order valence-electron chi connectivity index (χ4n) is 3.25. The predicted molar refractivity (Wildman–Crippen MR) is 131 cm³/mol. The molecule has 0 aliphatic carbocycles. The molecule has 3 aromatic rings. The van der Waals surface area contributed by atoms with Gasteiger partial charge in [-0.2, -0.15) is 0 Å². The Kier molecular flexibility index (Phi) is 6.28. The number of thioether (sulfide) groups is 1. The van der Waals surface area contributed by atoms with Crippen molar-refractivity contribution in [3.63, 3.8) is 0 Å². The number of halogens is 1. The predicted octanol–water partition coefficient (Wildman–Crippen LogP) is 5.13. The van der Waals surface area contributed by atoms with Crippen molar-refractivity contribution in [2.75, 3.05) is 19.0 Å². The second-order valence-corrected chi connectivity index (χ2v) is 8.96. The number of imide groups is 1. The lowest BCUT2D eigenvalue weighted by molar-refractivity contribution is -0.127. The average Bonchev–Trinajstić information content (AvgIpc) is 3.03. The zero-order chi connectivity index (χ0) is 22.0. The molecule has 0 atom stereocenters. The summed E-state index contributed by atoms with van der Waals surface area (Å²) in [7, 11) is 1.56. The van der Waals surface area contributed by atoms with Crippen LogP contribution in [0.25, 0.3) is 16.8 Å². The molecule has 1 heterocycles. The number of methoxy groups -OCH3 is 1. The lowest BCUT2D eigenvalue weighted by atomic mass is 10.0. The van der Waals surface area contributed by atoms with Gasteiger partial charge in [0.1, 0.15) is 12.3 Å². The van der Waals surface area contributed by atoms with Gasteiger partial charge in [-0.1, -0.05) is 30.3 Å². The summed E-state index contributed by atoms with van der Waals surface area (Å²) in [4.78, 5) is 38.9. The molecule has 1 aliphatic heterocycles. The molecule has 3 amide bonds. The standard InChI is InChI=1S/C23H17IN2O4S/c1-30-19-11-6-14-4-2-3-5-17(14)18(19)12-20-22(28)26(23(29)31-20)13-21(27)25-16-9-7-15(24)8-10-16/h2-12H,13H2,1H3,(H,25,27)/b20-12+. The van der Waals surface area contributed by atoms with Crippen LogP contribution < -0.4 is 10.1 Å². The Labute approximate surface area is 196 Å². The first-order valence-electron chi connectivity index (χ1n) is 9.33. The molecule has 1 saturated heterocycles. The van der Waals surface area contributed by atoms with E-state index in [9.17, 15) is 14.4 Å². The van der Waals surface area contributed by atoms with Crippen molar-refractivity contribution in [1.82, 2.24) is 4.90 Å². The number of amides is 3. The minimum atomic E-state index is -0.497. The van der Waals surface area contributed by atoms with Crippen LogP contribution in [-0.4, -0.2) is 35.6 Å². The Balaban J connectivity index is 1.57. The molecular formula is C23H17IN2O4S. The first-order valence-corrected chi connectivity index (χ1v) is 11.2. The van der Waals surface area contributed by atoms with Crippen molar-refractivity contribution in [2.45, 2.75) is 0 Å².